The normalized spacial score (nSPS) is 11.8. The van der Waals surface area contributed by atoms with Gasteiger partial charge >= 0.3 is 0 Å². The van der Waals surface area contributed by atoms with Crippen LogP contribution in [-0.4, -0.2) is 26.8 Å². The van der Waals surface area contributed by atoms with Crippen molar-refractivity contribution in [3.8, 4) is 0 Å². The topological polar surface area (TPSA) is 118 Å². The van der Waals surface area contributed by atoms with Gasteiger partial charge in [0.25, 0.3) is 10.0 Å². The standard InChI is InChI=1S/C18H18N4O4S2/c1-14-3-5-15(6-4-14)13-27(23,24)21-16-7-9-17(10-8-16)28(25,26)22-18-19-11-2-12-20-18/h2-12,21H,13H2,1H3,(H,19,20,22). The highest BCUT2D eigenvalue weighted by Gasteiger charge is 2.17. The van der Waals surface area contributed by atoms with Crippen molar-refractivity contribution in [3.05, 3.63) is 78.1 Å². The van der Waals surface area contributed by atoms with Crippen LogP contribution in [0.3, 0.4) is 0 Å². The number of hydrogen-bond donors (Lipinski definition) is 2. The number of benzene rings is 2. The monoisotopic (exact) mass is 418 g/mol. The van der Waals surface area contributed by atoms with Crippen molar-refractivity contribution in [1.82, 2.24) is 9.97 Å². The van der Waals surface area contributed by atoms with Crippen LogP contribution in [0.1, 0.15) is 11.1 Å². The second-order valence-corrected chi connectivity index (χ2v) is 9.45. The summed E-state index contributed by atoms with van der Waals surface area (Å²) in [6.07, 6.45) is 2.83. The number of anilines is 2. The highest BCUT2D eigenvalue weighted by molar-refractivity contribution is 7.92. The molecule has 2 aromatic carbocycles. The molecule has 2 N–H and O–H groups in total. The third-order valence-corrected chi connectivity index (χ3v) is 6.31. The van der Waals surface area contributed by atoms with Gasteiger partial charge in [0, 0.05) is 18.1 Å². The SMILES string of the molecule is Cc1ccc(CS(=O)(=O)Nc2ccc(S(=O)(=O)Nc3ncccn3)cc2)cc1. The van der Waals surface area contributed by atoms with Crippen molar-refractivity contribution >= 4 is 31.7 Å². The first-order chi connectivity index (χ1) is 13.2. The Bertz CT molecular complexity index is 1150. The molecule has 0 aliphatic carbocycles. The van der Waals surface area contributed by atoms with E-state index in [4.69, 9.17) is 0 Å². The van der Waals surface area contributed by atoms with Crippen LogP contribution in [0, 0.1) is 6.92 Å². The fraction of sp³-hybridized carbons (Fsp3) is 0.111. The highest BCUT2D eigenvalue weighted by atomic mass is 32.2. The molecular weight excluding hydrogens is 400 g/mol. The lowest BCUT2D eigenvalue weighted by atomic mass is 10.2. The third-order valence-electron chi connectivity index (χ3n) is 3.71. The molecule has 0 radical (unpaired) electrons. The summed E-state index contributed by atoms with van der Waals surface area (Å²) in [6.45, 7) is 1.92. The lowest BCUT2D eigenvalue weighted by Crippen LogP contribution is -2.16. The molecule has 8 nitrogen and oxygen atoms in total. The molecule has 0 amide bonds. The van der Waals surface area contributed by atoms with Crippen LogP contribution in [0.2, 0.25) is 0 Å². The molecule has 1 heterocycles. The number of aryl methyl sites for hydroxylation is 1. The number of aromatic nitrogens is 2. The molecule has 0 unspecified atom stereocenters. The maximum atomic E-state index is 12.3. The summed E-state index contributed by atoms with van der Waals surface area (Å²) in [5.41, 5.74) is 1.96. The molecule has 0 atom stereocenters. The Morgan fingerprint density at radius 1 is 0.821 bits per heavy atom. The molecule has 146 valence electrons. The number of rotatable bonds is 7. The van der Waals surface area contributed by atoms with Crippen LogP contribution in [0.5, 0.6) is 0 Å². The second-order valence-electron chi connectivity index (χ2n) is 6.05. The second kappa shape index (κ2) is 7.95. The Labute approximate surface area is 163 Å². The van der Waals surface area contributed by atoms with Crippen LogP contribution in [0.4, 0.5) is 11.6 Å². The summed E-state index contributed by atoms with van der Waals surface area (Å²) in [5, 5.41) is 0. The molecule has 0 spiro atoms. The van der Waals surface area contributed by atoms with Crippen LogP contribution in [0.25, 0.3) is 0 Å². The van der Waals surface area contributed by atoms with Gasteiger partial charge in [-0.05, 0) is 42.8 Å². The van der Waals surface area contributed by atoms with E-state index < -0.39 is 20.0 Å². The zero-order chi connectivity index (χ0) is 20.2. The number of sulfonamides is 2. The van der Waals surface area contributed by atoms with E-state index in [2.05, 4.69) is 19.4 Å². The molecule has 0 fully saturated rings. The van der Waals surface area contributed by atoms with Crippen LogP contribution >= 0.6 is 0 Å². The number of hydrogen-bond acceptors (Lipinski definition) is 6. The van der Waals surface area contributed by atoms with E-state index in [0.29, 0.717) is 5.56 Å². The van der Waals surface area contributed by atoms with Crippen LogP contribution in [-0.2, 0) is 25.8 Å². The maximum absolute atomic E-state index is 12.3. The lowest BCUT2D eigenvalue weighted by molar-refractivity contribution is 0.599. The molecule has 0 saturated heterocycles. The van der Waals surface area contributed by atoms with Crippen LogP contribution in [0.15, 0.2) is 71.9 Å². The number of nitrogens with one attached hydrogen (secondary N) is 2. The summed E-state index contributed by atoms with van der Waals surface area (Å²) < 4.78 is 54.0. The van der Waals surface area contributed by atoms with Crippen molar-refractivity contribution in [1.29, 1.82) is 0 Å². The predicted molar refractivity (Wildman–Crippen MR) is 107 cm³/mol. The van der Waals surface area contributed by atoms with E-state index in [1.807, 2.05) is 19.1 Å². The fourth-order valence-corrected chi connectivity index (χ4v) is 4.51. The van der Waals surface area contributed by atoms with Gasteiger partial charge in [-0.1, -0.05) is 29.8 Å². The van der Waals surface area contributed by atoms with Gasteiger partial charge in [-0.2, -0.15) is 0 Å². The Morgan fingerprint density at radius 2 is 1.43 bits per heavy atom. The summed E-state index contributed by atoms with van der Waals surface area (Å²) in [5.74, 6) is -0.231. The van der Waals surface area contributed by atoms with Gasteiger partial charge in [0.1, 0.15) is 0 Å². The Kier molecular flexibility index (Phi) is 5.61. The highest BCUT2D eigenvalue weighted by Crippen LogP contribution is 2.18. The average molecular weight is 419 g/mol. The minimum atomic E-state index is -3.88. The smallest absolute Gasteiger partial charge is 0.264 e. The van der Waals surface area contributed by atoms with E-state index in [0.717, 1.165) is 5.56 Å². The van der Waals surface area contributed by atoms with E-state index >= 15 is 0 Å². The molecule has 0 bridgehead atoms. The Hall–Kier alpha value is -2.98. The summed E-state index contributed by atoms with van der Waals surface area (Å²) in [6, 6.07) is 14.1. The van der Waals surface area contributed by atoms with Crippen molar-refractivity contribution in [2.75, 3.05) is 9.44 Å². The first-order valence-corrected chi connectivity index (χ1v) is 11.3. The lowest BCUT2D eigenvalue weighted by Gasteiger charge is -2.10. The first kappa shape index (κ1) is 19.8. The average Bonchev–Trinajstić information content (AvgIpc) is 2.64. The summed E-state index contributed by atoms with van der Waals surface area (Å²) in [4.78, 5) is 7.57. The minimum Gasteiger partial charge on any atom is -0.283 e. The molecule has 3 aromatic rings. The van der Waals surface area contributed by atoms with Gasteiger partial charge in [-0.15, -0.1) is 0 Å². The van der Waals surface area contributed by atoms with Crippen molar-refractivity contribution in [3.63, 3.8) is 0 Å². The van der Waals surface area contributed by atoms with E-state index in [9.17, 15) is 16.8 Å². The molecule has 28 heavy (non-hydrogen) atoms. The molecule has 0 aliphatic heterocycles. The molecule has 10 heteroatoms. The first-order valence-electron chi connectivity index (χ1n) is 8.19. The van der Waals surface area contributed by atoms with Gasteiger partial charge in [0.15, 0.2) is 0 Å². The van der Waals surface area contributed by atoms with Crippen molar-refractivity contribution in [2.45, 2.75) is 17.6 Å². The largest absolute Gasteiger partial charge is 0.283 e. The van der Waals surface area contributed by atoms with Gasteiger partial charge in [0.05, 0.1) is 10.6 Å². The van der Waals surface area contributed by atoms with E-state index in [1.165, 1.54) is 36.7 Å². The van der Waals surface area contributed by atoms with E-state index in [-0.39, 0.29) is 22.3 Å². The zero-order valence-electron chi connectivity index (χ0n) is 14.9. The Morgan fingerprint density at radius 3 is 2.04 bits per heavy atom. The predicted octanol–water partition coefficient (Wildman–Crippen LogP) is 2.53. The van der Waals surface area contributed by atoms with Gasteiger partial charge in [0.2, 0.25) is 16.0 Å². The third kappa shape index (κ3) is 5.27. The summed E-state index contributed by atoms with van der Waals surface area (Å²) >= 11 is 0. The molecule has 1 aromatic heterocycles. The van der Waals surface area contributed by atoms with Crippen LogP contribution < -0.4 is 9.44 Å². The Balaban J connectivity index is 1.70. The van der Waals surface area contributed by atoms with Gasteiger partial charge in [-0.25, -0.2) is 31.5 Å². The minimum absolute atomic E-state index is 0.0403. The molecule has 0 saturated carbocycles. The quantitative estimate of drug-likeness (QED) is 0.609. The fourth-order valence-electron chi connectivity index (χ4n) is 2.35. The van der Waals surface area contributed by atoms with Gasteiger partial charge < -0.3 is 0 Å². The molecule has 0 aliphatic rings. The summed E-state index contributed by atoms with van der Waals surface area (Å²) in [7, 11) is -7.51. The maximum Gasteiger partial charge on any atom is 0.264 e. The number of nitrogens with zero attached hydrogens (tertiary/aromatic N) is 2. The van der Waals surface area contributed by atoms with E-state index in [1.54, 1.807) is 18.2 Å². The molecular formula is C18H18N4O4S2. The van der Waals surface area contributed by atoms with Crippen molar-refractivity contribution < 1.29 is 16.8 Å². The molecule has 3 rings (SSSR count). The van der Waals surface area contributed by atoms with Crippen molar-refractivity contribution in [2.24, 2.45) is 0 Å². The van der Waals surface area contributed by atoms with Gasteiger partial charge in [-0.3, -0.25) is 4.72 Å². The zero-order valence-corrected chi connectivity index (χ0v) is 16.5.